The monoisotopic (exact) mass is 483 g/mol. The van der Waals surface area contributed by atoms with Crippen molar-refractivity contribution < 1.29 is 14.3 Å². The van der Waals surface area contributed by atoms with Crippen molar-refractivity contribution in [2.24, 2.45) is 0 Å². The van der Waals surface area contributed by atoms with Crippen LogP contribution >= 0.6 is 23.2 Å². The number of benzene rings is 2. The van der Waals surface area contributed by atoms with Gasteiger partial charge in [-0.1, -0.05) is 35.3 Å². The average Bonchev–Trinajstić information content (AvgIpc) is 3.66. The molecule has 168 valence electrons. The fraction of sp³-hybridized carbons (Fsp3) is 0.130. The molecule has 1 aliphatic rings. The number of rotatable bonds is 6. The number of ether oxygens (including phenoxy) is 1. The van der Waals surface area contributed by atoms with Gasteiger partial charge in [0.25, 0.3) is 11.8 Å². The Labute approximate surface area is 200 Å². The number of amides is 2. The van der Waals surface area contributed by atoms with E-state index in [-0.39, 0.29) is 27.8 Å². The van der Waals surface area contributed by atoms with Gasteiger partial charge in [0.05, 0.1) is 23.4 Å². The minimum atomic E-state index is -0.539. The summed E-state index contributed by atoms with van der Waals surface area (Å²) in [5.74, 6) is -0.0477. The summed E-state index contributed by atoms with van der Waals surface area (Å²) in [5.41, 5.74) is 1.35. The third-order valence-corrected chi connectivity index (χ3v) is 5.36. The fourth-order valence-corrected chi connectivity index (χ4v) is 3.43. The lowest BCUT2D eigenvalue weighted by molar-refractivity contribution is 0.102. The topological polar surface area (TPSA) is 107 Å². The highest BCUT2D eigenvalue weighted by molar-refractivity contribution is 6.32. The van der Waals surface area contributed by atoms with E-state index in [1.54, 1.807) is 36.4 Å². The van der Waals surface area contributed by atoms with Gasteiger partial charge in [-0.3, -0.25) is 15.0 Å². The Morgan fingerprint density at radius 3 is 2.27 bits per heavy atom. The number of pyridine rings is 1. The van der Waals surface area contributed by atoms with E-state index in [0.717, 1.165) is 18.7 Å². The SMILES string of the molecule is COc1cc(Cl)cc(C(=O)Nc2ccc(Cl)cn2)c1NC(=O)c1ccc(C(=N)N2CC2)cc1. The largest absolute Gasteiger partial charge is 0.494 e. The lowest BCUT2D eigenvalue weighted by Crippen LogP contribution is -2.19. The van der Waals surface area contributed by atoms with Gasteiger partial charge >= 0.3 is 0 Å². The summed E-state index contributed by atoms with van der Waals surface area (Å²) in [6, 6.07) is 12.8. The standard InChI is InChI=1S/C23H19Cl2N5O3/c1-33-18-11-16(25)10-17(23(32)28-19-7-6-15(24)12-27-19)20(18)29-22(31)14-4-2-13(3-5-14)21(26)30-8-9-30/h2-7,10-12,26H,8-9H2,1H3,(H,29,31)(H,27,28,32). The van der Waals surface area contributed by atoms with Crippen LogP contribution in [0.4, 0.5) is 11.5 Å². The number of nitrogens with zero attached hydrogens (tertiary/aromatic N) is 2. The van der Waals surface area contributed by atoms with Crippen LogP contribution in [0.5, 0.6) is 5.75 Å². The fourth-order valence-electron chi connectivity index (χ4n) is 3.11. The summed E-state index contributed by atoms with van der Waals surface area (Å²) < 4.78 is 5.36. The number of hydrogen-bond acceptors (Lipinski definition) is 5. The second-order valence-corrected chi connectivity index (χ2v) is 8.09. The highest BCUT2D eigenvalue weighted by Gasteiger charge is 2.23. The van der Waals surface area contributed by atoms with E-state index in [1.165, 1.54) is 25.4 Å². The van der Waals surface area contributed by atoms with Gasteiger partial charge in [-0.25, -0.2) is 4.98 Å². The molecule has 0 radical (unpaired) electrons. The zero-order valence-electron chi connectivity index (χ0n) is 17.5. The number of carbonyl (C=O) groups is 2. The number of carbonyl (C=O) groups excluding carboxylic acids is 2. The Hall–Kier alpha value is -3.62. The summed E-state index contributed by atoms with van der Waals surface area (Å²) in [4.78, 5) is 31.9. The van der Waals surface area contributed by atoms with Gasteiger partial charge in [-0.2, -0.15) is 0 Å². The van der Waals surface area contributed by atoms with Crippen LogP contribution in [0.2, 0.25) is 10.0 Å². The maximum absolute atomic E-state index is 13.0. The van der Waals surface area contributed by atoms with Gasteiger partial charge in [0.15, 0.2) is 0 Å². The first-order valence-electron chi connectivity index (χ1n) is 9.91. The smallest absolute Gasteiger partial charge is 0.259 e. The molecule has 1 aromatic heterocycles. The molecule has 2 amide bonds. The van der Waals surface area contributed by atoms with Crippen molar-refractivity contribution in [1.82, 2.24) is 9.88 Å². The van der Waals surface area contributed by atoms with E-state index >= 15 is 0 Å². The highest BCUT2D eigenvalue weighted by Crippen LogP contribution is 2.33. The molecule has 0 atom stereocenters. The number of anilines is 2. The zero-order chi connectivity index (χ0) is 23.5. The van der Waals surface area contributed by atoms with E-state index in [2.05, 4.69) is 15.6 Å². The van der Waals surface area contributed by atoms with Crippen molar-refractivity contribution in [2.45, 2.75) is 0 Å². The molecule has 0 saturated carbocycles. The summed E-state index contributed by atoms with van der Waals surface area (Å²) in [6.07, 6.45) is 1.40. The van der Waals surface area contributed by atoms with E-state index in [1.807, 2.05) is 4.90 Å². The first kappa shape index (κ1) is 22.6. The van der Waals surface area contributed by atoms with Gasteiger partial charge in [-0.05, 0) is 30.3 Å². The molecule has 1 fully saturated rings. The first-order valence-corrected chi connectivity index (χ1v) is 10.7. The predicted molar refractivity (Wildman–Crippen MR) is 128 cm³/mol. The van der Waals surface area contributed by atoms with Crippen molar-refractivity contribution in [3.63, 3.8) is 0 Å². The Kier molecular flexibility index (Phi) is 6.48. The van der Waals surface area contributed by atoms with Crippen molar-refractivity contribution >= 4 is 52.4 Å². The lowest BCUT2D eigenvalue weighted by atomic mass is 10.1. The summed E-state index contributed by atoms with van der Waals surface area (Å²) in [6.45, 7) is 1.74. The molecular weight excluding hydrogens is 465 g/mol. The number of hydrogen-bond donors (Lipinski definition) is 3. The Morgan fingerprint density at radius 1 is 0.970 bits per heavy atom. The maximum atomic E-state index is 13.0. The molecule has 1 aliphatic heterocycles. The molecule has 8 nitrogen and oxygen atoms in total. The Morgan fingerprint density at radius 2 is 1.67 bits per heavy atom. The predicted octanol–water partition coefficient (Wildman–Crippen LogP) is 4.54. The number of amidine groups is 1. The zero-order valence-corrected chi connectivity index (χ0v) is 19.0. The number of nitrogens with one attached hydrogen (secondary N) is 3. The molecule has 0 unspecified atom stereocenters. The average molecular weight is 484 g/mol. The molecular formula is C23H19Cl2N5O3. The van der Waals surface area contributed by atoms with Crippen LogP contribution in [-0.2, 0) is 0 Å². The molecule has 3 aromatic rings. The van der Waals surface area contributed by atoms with E-state index in [9.17, 15) is 9.59 Å². The molecule has 4 rings (SSSR count). The maximum Gasteiger partial charge on any atom is 0.259 e. The van der Waals surface area contributed by atoms with Crippen LogP contribution in [-0.4, -0.2) is 47.7 Å². The van der Waals surface area contributed by atoms with Gasteiger partial charge < -0.3 is 20.3 Å². The summed E-state index contributed by atoms with van der Waals surface area (Å²) >= 11 is 12.0. The third-order valence-electron chi connectivity index (χ3n) is 4.92. The molecule has 2 aromatic carbocycles. The molecule has 0 spiro atoms. The minimum Gasteiger partial charge on any atom is -0.494 e. The third kappa shape index (κ3) is 5.24. The van der Waals surface area contributed by atoms with Crippen LogP contribution in [0.1, 0.15) is 26.3 Å². The van der Waals surface area contributed by atoms with Crippen LogP contribution in [0, 0.1) is 5.41 Å². The van der Waals surface area contributed by atoms with Crippen LogP contribution in [0.25, 0.3) is 0 Å². The van der Waals surface area contributed by atoms with Crippen molar-refractivity contribution in [1.29, 1.82) is 5.41 Å². The van der Waals surface area contributed by atoms with Crippen molar-refractivity contribution in [2.75, 3.05) is 30.8 Å². The molecule has 0 aliphatic carbocycles. The minimum absolute atomic E-state index is 0.101. The summed E-state index contributed by atoms with van der Waals surface area (Å²) in [5, 5.41) is 14.2. The van der Waals surface area contributed by atoms with E-state index in [4.69, 9.17) is 33.3 Å². The second kappa shape index (κ2) is 9.48. The van der Waals surface area contributed by atoms with Crippen molar-refractivity contribution in [3.05, 3.63) is 81.5 Å². The molecule has 1 saturated heterocycles. The Bertz CT molecular complexity index is 1230. The molecule has 0 bridgehead atoms. The van der Waals surface area contributed by atoms with Crippen LogP contribution < -0.4 is 15.4 Å². The van der Waals surface area contributed by atoms with Crippen LogP contribution in [0.3, 0.4) is 0 Å². The first-order chi connectivity index (χ1) is 15.9. The quantitative estimate of drug-likeness (QED) is 0.271. The van der Waals surface area contributed by atoms with Gasteiger partial charge in [0.2, 0.25) is 0 Å². The number of aromatic nitrogens is 1. The Balaban J connectivity index is 1.59. The normalized spacial score (nSPS) is 12.2. The summed E-state index contributed by atoms with van der Waals surface area (Å²) in [7, 11) is 1.41. The van der Waals surface area contributed by atoms with Gasteiger partial charge in [0.1, 0.15) is 17.4 Å². The molecule has 10 heteroatoms. The lowest BCUT2D eigenvalue weighted by Gasteiger charge is -2.16. The van der Waals surface area contributed by atoms with Gasteiger partial charge in [-0.15, -0.1) is 0 Å². The van der Waals surface area contributed by atoms with Gasteiger partial charge in [0, 0.05) is 41.5 Å². The van der Waals surface area contributed by atoms with Crippen molar-refractivity contribution in [3.8, 4) is 5.75 Å². The van der Waals surface area contributed by atoms with E-state index in [0.29, 0.717) is 16.4 Å². The molecule has 3 N–H and O–H groups in total. The number of methoxy groups -OCH3 is 1. The second-order valence-electron chi connectivity index (χ2n) is 7.21. The number of halogens is 2. The molecule has 2 heterocycles. The van der Waals surface area contributed by atoms with Crippen LogP contribution in [0.15, 0.2) is 54.7 Å². The van der Waals surface area contributed by atoms with E-state index < -0.39 is 11.8 Å². The highest BCUT2D eigenvalue weighted by atomic mass is 35.5. The molecule has 33 heavy (non-hydrogen) atoms.